The summed E-state index contributed by atoms with van der Waals surface area (Å²) in [7, 11) is 3.79. The second-order valence-electron chi connectivity index (χ2n) is 11.2. The molecule has 1 saturated heterocycles. The number of likely N-dealkylation sites (N-methyl/N-ethyl adjacent to an activating group) is 2. The van der Waals surface area contributed by atoms with Crippen LogP contribution in [0.2, 0.25) is 0 Å². The van der Waals surface area contributed by atoms with E-state index in [0.717, 1.165) is 48.1 Å². The number of aryl methyl sites for hydroxylation is 1. The molecule has 3 aromatic rings. The minimum absolute atomic E-state index is 0.0651. The normalized spacial score (nSPS) is 19.1. The molecule has 0 aromatic heterocycles. The van der Waals surface area contributed by atoms with Gasteiger partial charge in [-0.2, -0.15) is 0 Å². The minimum Gasteiger partial charge on any atom is -0.341 e. The standard InChI is InChI=1S/C32H40N6O3/c1-22-13-14-24-9-5-6-10-25(24)26(22)19-38-29-12-8-7-11-28(29)37(30(39)21-36-17-15-35(4)16-18-36)20-27(32(38)41)34-31(40)23(2)33-3/h5-14,23,27,33H,15-21H2,1-4H3,(H,34,40)/t23-,27?/m0/s1. The first kappa shape index (κ1) is 28.7. The first-order valence-electron chi connectivity index (χ1n) is 14.3. The van der Waals surface area contributed by atoms with E-state index < -0.39 is 12.1 Å². The summed E-state index contributed by atoms with van der Waals surface area (Å²) >= 11 is 0. The van der Waals surface area contributed by atoms with E-state index >= 15 is 0 Å². The number of piperazine rings is 1. The maximum Gasteiger partial charge on any atom is 0.251 e. The quantitative estimate of drug-likeness (QED) is 0.465. The van der Waals surface area contributed by atoms with Gasteiger partial charge < -0.3 is 25.3 Å². The Morgan fingerprint density at radius 3 is 2.37 bits per heavy atom. The summed E-state index contributed by atoms with van der Waals surface area (Å²) in [6.07, 6.45) is 0. The fraction of sp³-hybridized carbons (Fsp3) is 0.406. The molecule has 3 aromatic carbocycles. The number of rotatable bonds is 7. The summed E-state index contributed by atoms with van der Waals surface area (Å²) in [5.74, 6) is -0.611. The number of carbonyl (C=O) groups excluding carboxylic acids is 3. The fourth-order valence-corrected chi connectivity index (χ4v) is 5.62. The second kappa shape index (κ2) is 12.4. The van der Waals surface area contributed by atoms with E-state index in [-0.39, 0.29) is 30.8 Å². The van der Waals surface area contributed by atoms with Crippen LogP contribution in [-0.2, 0) is 20.9 Å². The van der Waals surface area contributed by atoms with Crippen molar-refractivity contribution in [2.24, 2.45) is 0 Å². The molecule has 2 aliphatic rings. The Balaban J connectivity index is 1.55. The van der Waals surface area contributed by atoms with Gasteiger partial charge in [0.25, 0.3) is 5.91 Å². The topological polar surface area (TPSA) is 88.2 Å². The molecular formula is C32H40N6O3. The third-order valence-corrected chi connectivity index (χ3v) is 8.38. The molecule has 0 aliphatic carbocycles. The summed E-state index contributed by atoms with van der Waals surface area (Å²) in [5, 5.41) is 8.07. The molecule has 2 N–H and O–H groups in total. The van der Waals surface area contributed by atoms with Crippen LogP contribution in [-0.4, -0.2) is 93.0 Å². The summed E-state index contributed by atoms with van der Waals surface area (Å²) in [6, 6.07) is 18.5. The Morgan fingerprint density at radius 1 is 0.951 bits per heavy atom. The number of amides is 3. The largest absolute Gasteiger partial charge is 0.341 e. The van der Waals surface area contributed by atoms with Crippen LogP contribution in [0.15, 0.2) is 60.7 Å². The monoisotopic (exact) mass is 556 g/mol. The van der Waals surface area contributed by atoms with Crippen LogP contribution in [0, 0.1) is 6.92 Å². The van der Waals surface area contributed by atoms with Crippen LogP contribution >= 0.6 is 0 Å². The number of benzene rings is 3. The van der Waals surface area contributed by atoms with E-state index in [1.165, 1.54) is 0 Å². The lowest BCUT2D eigenvalue weighted by molar-refractivity contribution is -0.128. The van der Waals surface area contributed by atoms with Crippen LogP contribution in [0.3, 0.4) is 0 Å². The Morgan fingerprint density at radius 2 is 1.63 bits per heavy atom. The van der Waals surface area contributed by atoms with Gasteiger partial charge in [-0.25, -0.2) is 0 Å². The SMILES string of the molecule is CN[C@@H](C)C(=O)NC1CN(C(=O)CN2CCN(C)CC2)c2ccccc2N(Cc2c(C)ccc3ccccc23)C1=O. The molecule has 2 heterocycles. The number of carbonyl (C=O) groups is 3. The lowest BCUT2D eigenvalue weighted by Gasteiger charge is -2.34. The van der Waals surface area contributed by atoms with Crippen molar-refractivity contribution in [3.8, 4) is 0 Å². The highest BCUT2D eigenvalue weighted by Gasteiger charge is 2.38. The van der Waals surface area contributed by atoms with Gasteiger partial charge in [0.15, 0.2) is 0 Å². The number of fused-ring (bicyclic) bond motifs is 2. The molecule has 0 spiro atoms. The average Bonchev–Trinajstić information content (AvgIpc) is 3.09. The molecule has 2 atom stereocenters. The zero-order valence-corrected chi connectivity index (χ0v) is 24.4. The molecule has 9 nitrogen and oxygen atoms in total. The van der Waals surface area contributed by atoms with Crippen molar-refractivity contribution in [1.82, 2.24) is 20.4 Å². The van der Waals surface area contributed by atoms with Crippen LogP contribution in [0.25, 0.3) is 10.8 Å². The fourth-order valence-electron chi connectivity index (χ4n) is 5.62. The number of hydrogen-bond donors (Lipinski definition) is 2. The molecule has 2 aliphatic heterocycles. The summed E-state index contributed by atoms with van der Waals surface area (Å²) in [4.78, 5) is 49.1. The molecule has 41 heavy (non-hydrogen) atoms. The predicted molar refractivity (Wildman–Crippen MR) is 163 cm³/mol. The number of hydrogen-bond acceptors (Lipinski definition) is 6. The van der Waals surface area contributed by atoms with Gasteiger partial charge in [0.05, 0.1) is 37.1 Å². The summed E-state index contributed by atoms with van der Waals surface area (Å²) in [6.45, 7) is 7.86. The van der Waals surface area contributed by atoms with Crippen molar-refractivity contribution < 1.29 is 14.4 Å². The van der Waals surface area contributed by atoms with Gasteiger partial charge in [-0.3, -0.25) is 19.3 Å². The van der Waals surface area contributed by atoms with Crippen LogP contribution in [0.4, 0.5) is 11.4 Å². The lowest BCUT2D eigenvalue weighted by atomic mass is 9.99. The predicted octanol–water partition coefficient (Wildman–Crippen LogP) is 2.37. The Kier molecular flexibility index (Phi) is 8.68. The van der Waals surface area contributed by atoms with E-state index in [2.05, 4.69) is 58.7 Å². The van der Waals surface area contributed by atoms with E-state index in [4.69, 9.17) is 0 Å². The van der Waals surface area contributed by atoms with Crippen LogP contribution in [0.5, 0.6) is 0 Å². The minimum atomic E-state index is -0.905. The maximum absolute atomic E-state index is 14.3. The van der Waals surface area contributed by atoms with Crippen molar-refractivity contribution in [3.05, 3.63) is 71.8 Å². The van der Waals surface area contributed by atoms with E-state index in [1.807, 2.05) is 36.4 Å². The lowest BCUT2D eigenvalue weighted by Crippen LogP contribution is -2.56. The van der Waals surface area contributed by atoms with Crippen LogP contribution < -0.4 is 20.4 Å². The van der Waals surface area contributed by atoms with Gasteiger partial charge in [0.1, 0.15) is 6.04 Å². The third kappa shape index (κ3) is 6.12. The first-order chi connectivity index (χ1) is 19.8. The number of anilines is 2. The maximum atomic E-state index is 14.3. The molecule has 0 radical (unpaired) electrons. The number of nitrogens with zero attached hydrogens (tertiary/aromatic N) is 4. The second-order valence-corrected chi connectivity index (χ2v) is 11.2. The van der Waals surface area contributed by atoms with E-state index in [0.29, 0.717) is 17.9 Å². The highest BCUT2D eigenvalue weighted by atomic mass is 16.2. The highest BCUT2D eigenvalue weighted by molar-refractivity contribution is 6.08. The van der Waals surface area contributed by atoms with E-state index in [9.17, 15) is 14.4 Å². The van der Waals surface area contributed by atoms with Gasteiger partial charge in [0, 0.05) is 26.2 Å². The molecule has 1 fully saturated rings. The van der Waals surface area contributed by atoms with Gasteiger partial charge in [-0.05, 0) is 62.0 Å². The summed E-state index contributed by atoms with van der Waals surface area (Å²) < 4.78 is 0. The molecule has 1 unspecified atom stereocenters. The first-order valence-corrected chi connectivity index (χ1v) is 14.3. The molecular weight excluding hydrogens is 516 g/mol. The Hall–Kier alpha value is -3.79. The molecule has 216 valence electrons. The number of nitrogens with one attached hydrogen (secondary N) is 2. The molecule has 3 amide bonds. The highest BCUT2D eigenvalue weighted by Crippen LogP contribution is 2.35. The van der Waals surface area contributed by atoms with E-state index in [1.54, 1.807) is 23.8 Å². The third-order valence-electron chi connectivity index (χ3n) is 8.38. The van der Waals surface area contributed by atoms with Crippen molar-refractivity contribution in [2.45, 2.75) is 32.5 Å². The van der Waals surface area contributed by atoms with Gasteiger partial charge in [-0.15, -0.1) is 0 Å². The molecule has 9 heteroatoms. The van der Waals surface area contributed by atoms with Crippen molar-refractivity contribution in [2.75, 3.05) is 63.2 Å². The molecule has 0 saturated carbocycles. The zero-order chi connectivity index (χ0) is 29.1. The Bertz CT molecular complexity index is 1430. The van der Waals surface area contributed by atoms with Gasteiger partial charge in [-0.1, -0.05) is 48.5 Å². The number of para-hydroxylation sites is 2. The van der Waals surface area contributed by atoms with Crippen molar-refractivity contribution >= 4 is 39.9 Å². The van der Waals surface area contributed by atoms with Crippen molar-refractivity contribution in [1.29, 1.82) is 0 Å². The Labute approximate surface area is 242 Å². The van der Waals surface area contributed by atoms with Crippen LogP contribution in [0.1, 0.15) is 18.1 Å². The molecule has 5 rings (SSSR count). The van der Waals surface area contributed by atoms with Crippen molar-refractivity contribution in [3.63, 3.8) is 0 Å². The van der Waals surface area contributed by atoms with Gasteiger partial charge in [0.2, 0.25) is 11.8 Å². The van der Waals surface area contributed by atoms with Gasteiger partial charge >= 0.3 is 0 Å². The smallest absolute Gasteiger partial charge is 0.251 e. The molecule has 0 bridgehead atoms. The average molecular weight is 557 g/mol. The summed E-state index contributed by atoms with van der Waals surface area (Å²) in [5.41, 5.74) is 3.45. The zero-order valence-electron chi connectivity index (χ0n) is 24.4.